The Balaban J connectivity index is 2.18. The van der Waals surface area contributed by atoms with Crippen molar-refractivity contribution < 1.29 is 9.59 Å². The van der Waals surface area contributed by atoms with Gasteiger partial charge in [0.1, 0.15) is 5.94 Å². The van der Waals surface area contributed by atoms with Gasteiger partial charge in [0.15, 0.2) is 5.78 Å². The van der Waals surface area contributed by atoms with E-state index in [4.69, 9.17) is 0 Å². The molecule has 2 nitrogen and oxygen atoms in total. The molecule has 0 aromatic carbocycles. The molecule has 0 bridgehead atoms. The minimum atomic E-state index is 0.0527. The van der Waals surface area contributed by atoms with Crippen LogP contribution < -0.4 is 0 Å². The highest BCUT2D eigenvalue weighted by molar-refractivity contribution is 6.04. The number of hydrogen-bond acceptors (Lipinski definition) is 2. The molecule has 0 radical (unpaired) electrons. The normalized spacial score (nSPS) is 26.5. The van der Waals surface area contributed by atoms with Crippen molar-refractivity contribution in [1.29, 1.82) is 0 Å². The largest absolute Gasteiger partial charge is 0.294 e. The van der Waals surface area contributed by atoms with Gasteiger partial charge in [-0.1, -0.05) is 19.3 Å². The second kappa shape index (κ2) is 3.12. The summed E-state index contributed by atoms with van der Waals surface area (Å²) in [5.41, 5.74) is 0.587. The molecule has 70 valence electrons. The Labute approximate surface area is 78.0 Å². The second-order valence-electron chi connectivity index (χ2n) is 4.42. The van der Waals surface area contributed by atoms with E-state index in [9.17, 15) is 9.59 Å². The number of carbonyl (C=O) groups excluding carboxylic acids is 2. The number of hydrogen-bond donors (Lipinski definition) is 0. The van der Waals surface area contributed by atoms with Crippen molar-refractivity contribution in [3.8, 4) is 0 Å². The molecule has 0 N–H and O–H groups in total. The first-order chi connectivity index (χ1) is 6.26. The molecule has 0 unspecified atom stereocenters. The van der Waals surface area contributed by atoms with E-state index >= 15 is 0 Å². The van der Waals surface area contributed by atoms with Gasteiger partial charge in [-0.15, -0.1) is 0 Å². The lowest BCUT2D eigenvalue weighted by molar-refractivity contribution is -0.115. The maximum absolute atomic E-state index is 11.4. The van der Waals surface area contributed by atoms with Gasteiger partial charge in [-0.25, -0.2) is 4.79 Å². The summed E-state index contributed by atoms with van der Waals surface area (Å²) in [6, 6.07) is 0. The Hall–Kier alpha value is -0.880. The summed E-state index contributed by atoms with van der Waals surface area (Å²) < 4.78 is 0. The van der Waals surface area contributed by atoms with E-state index in [2.05, 4.69) is 0 Å². The number of carbonyl (C=O) groups is 1. The Kier molecular flexibility index (Phi) is 2.09. The van der Waals surface area contributed by atoms with E-state index in [1.807, 2.05) is 0 Å². The van der Waals surface area contributed by atoms with Crippen molar-refractivity contribution in [2.75, 3.05) is 0 Å². The molecule has 0 aromatic heterocycles. The van der Waals surface area contributed by atoms with Crippen LogP contribution in [0.25, 0.3) is 0 Å². The summed E-state index contributed by atoms with van der Waals surface area (Å²) in [5.74, 6) is 1.86. The Morgan fingerprint density at radius 1 is 1.08 bits per heavy atom. The van der Waals surface area contributed by atoms with Gasteiger partial charge in [0.2, 0.25) is 0 Å². The topological polar surface area (TPSA) is 34.1 Å². The van der Waals surface area contributed by atoms with Crippen molar-refractivity contribution in [1.82, 2.24) is 0 Å². The Morgan fingerprint density at radius 3 is 2.31 bits per heavy atom. The fraction of sp³-hybridized carbons (Fsp3) is 0.727. The first-order valence-corrected chi connectivity index (χ1v) is 5.03. The van der Waals surface area contributed by atoms with Gasteiger partial charge in [0.25, 0.3) is 0 Å². The van der Waals surface area contributed by atoms with E-state index < -0.39 is 0 Å². The Morgan fingerprint density at radius 2 is 1.77 bits per heavy atom. The molecular weight excluding hydrogens is 164 g/mol. The molecule has 2 aliphatic carbocycles. The molecule has 2 saturated carbocycles. The van der Waals surface area contributed by atoms with Crippen LogP contribution in [-0.4, -0.2) is 11.7 Å². The molecular formula is C11H14O2. The van der Waals surface area contributed by atoms with Gasteiger partial charge < -0.3 is 0 Å². The summed E-state index contributed by atoms with van der Waals surface area (Å²) >= 11 is 0. The summed E-state index contributed by atoms with van der Waals surface area (Å²) in [4.78, 5) is 21.8. The Bertz CT molecular complexity index is 278. The molecule has 0 aromatic rings. The van der Waals surface area contributed by atoms with Crippen LogP contribution in [0.2, 0.25) is 0 Å². The lowest BCUT2D eigenvalue weighted by Gasteiger charge is -2.31. The average Bonchev–Trinajstić information content (AvgIpc) is 2.44. The smallest absolute Gasteiger partial charge is 0.170 e. The van der Waals surface area contributed by atoms with Gasteiger partial charge in [-0.05, 0) is 24.7 Å². The summed E-state index contributed by atoms with van der Waals surface area (Å²) in [5, 5.41) is 0. The quantitative estimate of drug-likeness (QED) is 0.420. The lowest BCUT2D eigenvalue weighted by Crippen LogP contribution is -2.20. The molecule has 2 rings (SSSR count). The van der Waals surface area contributed by atoms with Crippen LogP contribution in [0.3, 0.4) is 0 Å². The minimum Gasteiger partial charge on any atom is -0.294 e. The van der Waals surface area contributed by atoms with Crippen molar-refractivity contribution >= 4 is 11.7 Å². The number of allylic oxidation sites excluding steroid dienone is 1. The molecule has 13 heavy (non-hydrogen) atoms. The number of Topliss-reactive ketones (excluding diaryl/α,β-unsaturated/α-hetero) is 1. The van der Waals surface area contributed by atoms with Crippen molar-refractivity contribution in [3.05, 3.63) is 5.57 Å². The number of ketones is 1. The first-order valence-electron chi connectivity index (χ1n) is 5.03. The number of rotatable bonds is 0. The van der Waals surface area contributed by atoms with Crippen molar-refractivity contribution in [2.24, 2.45) is 5.41 Å². The zero-order chi connectivity index (χ0) is 9.31. The van der Waals surface area contributed by atoms with Gasteiger partial charge in [-0.3, -0.25) is 4.79 Å². The molecule has 2 fully saturated rings. The van der Waals surface area contributed by atoms with Gasteiger partial charge >= 0.3 is 0 Å². The van der Waals surface area contributed by atoms with Crippen LogP contribution in [0.1, 0.15) is 44.9 Å². The van der Waals surface area contributed by atoms with E-state index in [1.54, 1.807) is 5.94 Å². The third-order valence-corrected chi connectivity index (χ3v) is 3.46. The zero-order valence-corrected chi connectivity index (χ0v) is 7.77. The van der Waals surface area contributed by atoms with E-state index in [0.717, 1.165) is 12.8 Å². The van der Waals surface area contributed by atoms with Crippen molar-refractivity contribution in [3.63, 3.8) is 0 Å². The first kappa shape index (κ1) is 8.71. The zero-order valence-electron chi connectivity index (χ0n) is 7.77. The fourth-order valence-corrected chi connectivity index (χ4v) is 2.73. The third-order valence-electron chi connectivity index (χ3n) is 3.46. The molecule has 0 saturated heterocycles. The highest BCUT2D eigenvalue weighted by Gasteiger charge is 2.42. The third kappa shape index (κ3) is 1.47. The highest BCUT2D eigenvalue weighted by atomic mass is 16.1. The van der Waals surface area contributed by atoms with Crippen LogP contribution in [0.15, 0.2) is 5.57 Å². The van der Waals surface area contributed by atoms with Crippen LogP contribution in [-0.2, 0) is 9.59 Å². The molecule has 1 spiro atoms. The maximum atomic E-state index is 11.4. The lowest BCUT2D eigenvalue weighted by atomic mass is 9.73. The molecule has 2 heteroatoms. The SMILES string of the molecule is O=C=C1CC2(CCCCC2)CC1=O. The monoisotopic (exact) mass is 178 g/mol. The van der Waals surface area contributed by atoms with Crippen LogP contribution in [0.4, 0.5) is 0 Å². The molecule has 2 aliphatic rings. The summed E-state index contributed by atoms with van der Waals surface area (Å²) in [6.07, 6.45) is 7.30. The molecule has 0 atom stereocenters. The van der Waals surface area contributed by atoms with Crippen molar-refractivity contribution in [2.45, 2.75) is 44.9 Å². The van der Waals surface area contributed by atoms with E-state index in [0.29, 0.717) is 18.4 Å². The van der Waals surface area contributed by atoms with Crippen LogP contribution in [0.5, 0.6) is 0 Å². The fourth-order valence-electron chi connectivity index (χ4n) is 2.73. The molecule has 0 aliphatic heterocycles. The standard InChI is InChI=1S/C11H14O2/c12-8-9-6-11(7-10(9)13)4-2-1-3-5-11/h1-7H2. The van der Waals surface area contributed by atoms with E-state index in [-0.39, 0.29) is 11.2 Å². The maximum Gasteiger partial charge on any atom is 0.170 e. The summed E-state index contributed by atoms with van der Waals surface area (Å²) in [6.45, 7) is 0. The summed E-state index contributed by atoms with van der Waals surface area (Å²) in [7, 11) is 0. The van der Waals surface area contributed by atoms with Crippen LogP contribution in [0, 0.1) is 5.41 Å². The molecule has 0 heterocycles. The predicted molar refractivity (Wildman–Crippen MR) is 49.0 cm³/mol. The van der Waals surface area contributed by atoms with Crippen LogP contribution >= 0.6 is 0 Å². The van der Waals surface area contributed by atoms with Gasteiger partial charge in [0.05, 0.1) is 5.57 Å². The van der Waals surface area contributed by atoms with Gasteiger partial charge in [0, 0.05) is 6.42 Å². The average molecular weight is 178 g/mol. The van der Waals surface area contributed by atoms with E-state index in [1.165, 1.54) is 19.3 Å². The highest BCUT2D eigenvalue weighted by Crippen LogP contribution is 2.48. The second-order valence-corrected chi connectivity index (χ2v) is 4.42. The predicted octanol–water partition coefficient (Wildman–Crippen LogP) is 2.06. The molecule has 0 amide bonds. The van der Waals surface area contributed by atoms with Gasteiger partial charge in [-0.2, -0.15) is 0 Å². The minimum absolute atomic E-state index is 0.0527.